The van der Waals surface area contributed by atoms with E-state index in [2.05, 4.69) is 11.4 Å². The largest absolute Gasteiger partial charge is 0.381 e. The maximum Gasteiger partial charge on any atom is 0.236 e. The van der Waals surface area contributed by atoms with Gasteiger partial charge in [0, 0.05) is 38.0 Å². The van der Waals surface area contributed by atoms with Gasteiger partial charge in [0.2, 0.25) is 5.91 Å². The number of nitrogens with one attached hydrogen (secondary N) is 1. The highest BCUT2D eigenvalue weighted by Gasteiger charge is 2.27. The number of rotatable bonds is 1. The number of hydrogen-bond acceptors (Lipinski definition) is 3. The predicted molar refractivity (Wildman–Crippen MR) is 59.4 cm³/mol. The molecule has 1 unspecified atom stereocenters. The summed E-state index contributed by atoms with van der Waals surface area (Å²) in [5.74, 6) is 0.270. The Balaban J connectivity index is 1.88. The molecule has 4 heteroatoms. The minimum atomic E-state index is 0.0615. The molecule has 0 saturated carbocycles. The van der Waals surface area contributed by atoms with Crippen LogP contribution in [-0.2, 0) is 17.7 Å². The minimum absolute atomic E-state index is 0.0615. The molecule has 0 aliphatic carbocycles. The number of ether oxygens (including phenoxy) is 1. The summed E-state index contributed by atoms with van der Waals surface area (Å²) in [5.41, 5.74) is 2.45. The Hall–Kier alpha value is -1.13. The van der Waals surface area contributed by atoms with Crippen molar-refractivity contribution in [1.29, 1.82) is 0 Å². The first-order valence-electron chi connectivity index (χ1n) is 5.88. The van der Waals surface area contributed by atoms with E-state index in [0.717, 1.165) is 32.5 Å². The first-order valence-corrected chi connectivity index (χ1v) is 5.88. The molecule has 0 amide bonds. The van der Waals surface area contributed by atoms with Gasteiger partial charge in [-0.15, -0.1) is 0 Å². The number of fused-ring (bicyclic) bond motifs is 1. The van der Waals surface area contributed by atoms with Crippen molar-refractivity contribution >= 4 is 5.91 Å². The van der Waals surface area contributed by atoms with Crippen LogP contribution in [0.2, 0.25) is 0 Å². The Morgan fingerprint density at radius 2 is 2.50 bits per heavy atom. The standard InChI is InChI=1S/C12H16N2O2/c15-12(10-3-6-16-8-10)14-5-2-9-7-13-4-1-11(9)14/h2,5,10,13H,1,3-4,6-8H2. The number of aromatic nitrogens is 1. The molecule has 86 valence electrons. The van der Waals surface area contributed by atoms with Gasteiger partial charge in [0.1, 0.15) is 0 Å². The summed E-state index contributed by atoms with van der Waals surface area (Å²) in [4.78, 5) is 12.2. The Bertz CT molecular complexity index is 405. The Labute approximate surface area is 94.6 Å². The fraction of sp³-hybridized carbons (Fsp3) is 0.583. The van der Waals surface area contributed by atoms with Crippen LogP contribution in [0.15, 0.2) is 12.3 Å². The molecule has 0 bridgehead atoms. The van der Waals surface area contributed by atoms with Gasteiger partial charge < -0.3 is 10.1 Å². The first kappa shape index (κ1) is 10.1. The molecule has 1 atom stereocenters. The lowest BCUT2D eigenvalue weighted by Gasteiger charge is -2.17. The van der Waals surface area contributed by atoms with Crippen molar-refractivity contribution in [3.63, 3.8) is 0 Å². The molecule has 0 radical (unpaired) electrons. The lowest BCUT2D eigenvalue weighted by atomic mass is 10.1. The minimum Gasteiger partial charge on any atom is -0.381 e. The van der Waals surface area contributed by atoms with E-state index in [1.807, 2.05) is 10.8 Å². The smallest absolute Gasteiger partial charge is 0.236 e. The van der Waals surface area contributed by atoms with Gasteiger partial charge in [0.05, 0.1) is 12.5 Å². The van der Waals surface area contributed by atoms with Crippen LogP contribution in [0.25, 0.3) is 0 Å². The quantitative estimate of drug-likeness (QED) is 0.761. The van der Waals surface area contributed by atoms with Crippen LogP contribution in [0.4, 0.5) is 0 Å². The third-order valence-electron chi connectivity index (χ3n) is 3.46. The van der Waals surface area contributed by atoms with Crippen LogP contribution in [0.5, 0.6) is 0 Å². The molecule has 1 aromatic heterocycles. The first-order chi connectivity index (χ1) is 7.86. The average molecular weight is 220 g/mol. The Morgan fingerprint density at radius 3 is 3.31 bits per heavy atom. The number of carbonyl (C=O) groups excluding carboxylic acids is 1. The van der Waals surface area contributed by atoms with Gasteiger partial charge in [0.15, 0.2) is 0 Å². The maximum atomic E-state index is 12.2. The summed E-state index contributed by atoms with van der Waals surface area (Å²) in [6.07, 6.45) is 3.73. The van der Waals surface area contributed by atoms with Crippen LogP contribution in [0.1, 0.15) is 22.5 Å². The molecule has 1 fully saturated rings. The van der Waals surface area contributed by atoms with E-state index in [0.29, 0.717) is 6.61 Å². The molecule has 2 aliphatic heterocycles. The Kier molecular flexibility index (Phi) is 2.53. The Morgan fingerprint density at radius 1 is 1.56 bits per heavy atom. The van der Waals surface area contributed by atoms with Crippen LogP contribution < -0.4 is 5.32 Å². The van der Waals surface area contributed by atoms with E-state index in [1.54, 1.807) is 0 Å². The molecule has 3 rings (SSSR count). The van der Waals surface area contributed by atoms with Crippen molar-refractivity contribution in [2.45, 2.75) is 19.4 Å². The second-order valence-electron chi connectivity index (χ2n) is 4.48. The topological polar surface area (TPSA) is 43.3 Å². The third-order valence-corrected chi connectivity index (χ3v) is 3.46. The monoisotopic (exact) mass is 220 g/mol. The van der Waals surface area contributed by atoms with Crippen molar-refractivity contribution in [2.75, 3.05) is 19.8 Å². The van der Waals surface area contributed by atoms with E-state index in [4.69, 9.17) is 4.74 Å². The molecule has 16 heavy (non-hydrogen) atoms. The van der Waals surface area contributed by atoms with Gasteiger partial charge in [-0.1, -0.05) is 0 Å². The zero-order valence-corrected chi connectivity index (χ0v) is 9.24. The highest BCUT2D eigenvalue weighted by molar-refractivity contribution is 5.83. The summed E-state index contributed by atoms with van der Waals surface area (Å²) in [7, 11) is 0. The van der Waals surface area contributed by atoms with Crippen molar-refractivity contribution in [3.8, 4) is 0 Å². The molecule has 1 N–H and O–H groups in total. The number of nitrogens with zero attached hydrogens (tertiary/aromatic N) is 1. The van der Waals surface area contributed by atoms with Gasteiger partial charge in [0.25, 0.3) is 0 Å². The van der Waals surface area contributed by atoms with Crippen molar-refractivity contribution in [1.82, 2.24) is 9.88 Å². The van der Waals surface area contributed by atoms with E-state index in [-0.39, 0.29) is 11.8 Å². The van der Waals surface area contributed by atoms with Gasteiger partial charge in [-0.2, -0.15) is 0 Å². The molecular weight excluding hydrogens is 204 g/mol. The van der Waals surface area contributed by atoms with E-state index in [1.165, 1.54) is 11.3 Å². The summed E-state index contributed by atoms with van der Waals surface area (Å²) in [6, 6.07) is 2.05. The highest BCUT2D eigenvalue weighted by atomic mass is 16.5. The molecular formula is C12H16N2O2. The molecule has 0 spiro atoms. The van der Waals surface area contributed by atoms with E-state index in [9.17, 15) is 4.79 Å². The zero-order valence-electron chi connectivity index (χ0n) is 9.24. The summed E-state index contributed by atoms with van der Waals surface area (Å²) < 4.78 is 7.12. The summed E-state index contributed by atoms with van der Waals surface area (Å²) in [6.45, 7) is 3.16. The van der Waals surface area contributed by atoms with Crippen molar-refractivity contribution < 1.29 is 9.53 Å². The van der Waals surface area contributed by atoms with Gasteiger partial charge in [-0.25, -0.2) is 0 Å². The van der Waals surface area contributed by atoms with Gasteiger partial charge in [-0.05, 0) is 18.1 Å². The molecule has 1 aromatic rings. The maximum absolute atomic E-state index is 12.2. The molecule has 4 nitrogen and oxygen atoms in total. The summed E-state index contributed by atoms with van der Waals surface area (Å²) in [5, 5.41) is 3.31. The lowest BCUT2D eigenvalue weighted by molar-refractivity contribution is 0.0811. The summed E-state index contributed by atoms with van der Waals surface area (Å²) >= 11 is 0. The third kappa shape index (κ3) is 1.58. The molecule has 1 saturated heterocycles. The van der Waals surface area contributed by atoms with Gasteiger partial charge in [-0.3, -0.25) is 9.36 Å². The van der Waals surface area contributed by atoms with Crippen molar-refractivity contribution in [2.24, 2.45) is 5.92 Å². The SMILES string of the molecule is O=C(C1CCOC1)n1ccc2c1CCNC2. The lowest BCUT2D eigenvalue weighted by Crippen LogP contribution is -2.28. The number of carbonyl (C=O) groups is 1. The van der Waals surface area contributed by atoms with E-state index >= 15 is 0 Å². The fourth-order valence-electron chi connectivity index (χ4n) is 2.51. The predicted octanol–water partition coefficient (Wildman–Crippen LogP) is 0.810. The second kappa shape index (κ2) is 4.03. The second-order valence-corrected chi connectivity index (χ2v) is 4.48. The van der Waals surface area contributed by atoms with Crippen molar-refractivity contribution in [3.05, 3.63) is 23.5 Å². The van der Waals surface area contributed by atoms with E-state index < -0.39 is 0 Å². The van der Waals surface area contributed by atoms with Gasteiger partial charge >= 0.3 is 0 Å². The normalized spacial score (nSPS) is 24.4. The molecule has 3 heterocycles. The molecule has 2 aliphatic rings. The van der Waals surface area contributed by atoms with Crippen LogP contribution in [0.3, 0.4) is 0 Å². The highest BCUT2D eigenvalue weighted by Crippen LogP contribution is 2.20. The number of hydrogen-bond donors (Lipinski definition) is 1. The fourth-order valence-corrected chi connectivity index (χ4v) is 2.51. The average Bonchev–Trinajstić information content (AvgIpc) is 2.98. The van der Waals surface area contributed by atoms with Crippen LogP contribution in [-0.4, -0.2) is 30.2 Å². The zero-order chi connectivity index (χ0) is 11.0. The molecule has 0 aromatic carbocycles. The van der Waals surface area contributed by atoms with Crippen LogP contribution >= 0.6 is 0 Å². The van der Waals surface area contributed by atoms with Crippen LogP contribution in [0, 0.1) is 5.92 Å².